The molecule has 0 aromatic carbocycles. The third kappa shape index (κ3) is 4.30. The molecule has 1 fully saturated rings. The zero-order valence-corrected chi connectivity index (χ0v) is 26.6. The van der Waals surface area contributed by atoms with Crippen LogP contribution >= 0.6 is 11.3 Å². The van der Waals surface area contributed by atoms with Gasteiger partial charge in [-0.15, -0.1) is 11.3 Å². The number of nitrogens with two attached hydrogens (primary N) is 1. The minimum Gasteiger partial charge on any atom is -0.389 e. The molecular weight excluding hydrogens is 572 g/mol. The Labute approximate surface area is 261 Å². The highest BCUT2D eigenvalue weighted by atomic mass is 32.1. The summed E-state index contributed by atoms with van der Waals surface area (Å²) in [5, 5.41) is 30.6. The Balaban J connectivity index is 1.39. The van der Waals surface area contributed by atoms with E-state index in [1.54, 1.807) is 11.3 Å². The Kier molecular flexibility index (Phi) is 7.10. The molecule has 5 heterocycles. The van der Waals surface area contributed by atoms with Gasteiger partial charge in [0.1, 0.15) is 16.9 Å². The van der Waals surface area contributed by atoms with Gasteiger partial charge >= 0.3 is 0 Å². The quantitative estimate of drug-likeness (QED) is 0.308. The lowest BCUT2D eigenvalue weighted by Gasteiger charge is -2.39. The summed E-state index contributed by atoms with van der Waals surface area (Å²) in [5.74, 6) is 1.88. The molecule has 12 heteroatoms. The molecule has 3 aliphatic rings. The standard InChI is InChI=1S/C32H38N10OS/c1-18(14-33)17-41(4)30-22-16-36-42(19(2)23-9-7-13-40(23)3)31(22)38-29(37-30)26-20-8-5-11-32(27(20)43-39-26)12-6-10-24-25(32)21(15-34)28(35)44-24/h16,18-19,23H,5-13,17,35H2,1-4H3. The lowest BCUT2D eigenvalue weighted by atomic mass is 9.63. The zero-order valence-electron chi connectivity index (χ0n) is 25.8. The second kappa shape index (κ2) is 10.9. The van der Waals surface area contributed by atoms with Gasteiger partial charge in [-0.05, 0) is 84.4 Å². The number of hydrogen-bond acceptors (Lipinski definition) is 11. The fraction of sp³-hybridized carbons (Fsp3) is 0.562. The maximum Gasteiger partial charge on any atom is 0.186 e. The van der Waals surface area contributed by atoms with Gasteiger partial charge in [-0.3, -0.25) is 0 Å². The van der Waals surface area contributed by atoms with Crippen molar-refractivity contribution in [3.05, 3.63) is 33.5 Å². The summed E-state index contributed by atoms with van der Waals surface area (Å²) in [6.07, 6.45) is 9.61. The SMILES string of the molecule is CC(C#N)CN(C)c1nc(-c2noc3c2CCCC32CCCc3sc(N)c(C#N)c32)nc2c1cnn2C(C)C1CCCN1C. The highest BCUT2D eigenvalue weighted by Gasteiger charge is 2.49. The number of nitrogen functional groups attached to an aromatic ring is 1. The molecule has 0 radical (unpaired) electrons. The van der Waals surface area contributed by atoms with Gasteiger partial charge in [-0.2, -0.15) is 15.6 Å². The smallest absolute Gasteiger partial charge is 0.186 e. The van der Waals surface area contributed by atoms with Crippen LogP contribution in [0.25, 0.3) is 22.6 Å². The van der Waals surface area contributed by atoms with Crippen LogP contribution in [0.4, 0.5) is 10.8 Å². The molecule has 44 heavy (non-hydrogen) atoms. The van der Waals surface area contributed by atoms with Crippen LogP contribution in [-0.2, 0) is 18.3 Å². The Bertz CT molecular complexity index is 1820. The molecule has 1 aliphatic heterocycles. The van der Waals surface area contributed by atoms with Gasteiger partial charge in [-0.25, -0.2) is 14.6 Å². The van der Waals surface area contributed by atoms with E-state index in [4.69, 9.17) is 25.3 Å². The van der Waals surface area contributed by atoms with Crippen LogP contribution in [0.15, 0.2) is 10.7 Å². The van der Waals surface area contributed by atoms with Crippen molar-refractivity contribution in [3.8, 4) is 23.7 Å². The molecule has 4 aromatic rings. The molecule has 2 N–H and O–H groups in total. The van der Waals surface area contributed by atoms with E-state index in [-0.39, 0.29) is 12.0 Å². The maximum absolute atomic E-state index is 10.1. The number of rotatable bonds is 6. The van der Waals surface area contributed by atoms with Gasteiger partial charge < -0.3 is 20.1 Å². The minimum atomic E-state index is -0.416. The number of thiophene rings is 1. The molecule has 228 valence electrons. The number of likely N-dealkylation sites (tertiary alicyclic amines) is 1. The summed E-state index contributed by atoms with van der Waals surface area (Å²) >= 11 is 1.54. The first-order valence-corrected chi connectivity index (χ1v) is 16.5. The number of nitriles is 2. The van der Waals surface area contributed by atoms with E-state index < -0.39 is 5.41 Å². The van der Waals surface area contributed by atoms with Crippen molar-refractivity contribution in [1.82, 2.24) is 29.8 Å². The summed E-state index contributed by atoms with van der Waals surface area (Å²) in [7, 11) is 4.14. The van der Waals surface area contributed by atoms with Crippen LogP contribution < -0.4 is 10.6 Å². The highest BCUT2D eigenvalue weighted by molar-refractivity contribution is 7.16. The molecular formula is C32H38N10OS. The lowest BCUT2D eigenvalue weighted by Crippen LogP contribution is -2.35. The monoisotopic (exact) mass is 610 g/mol. The first-order valence-electron chi connectivity index (χ1n) is 15.6. The molecule has 2 aliphatic carbocycles. The summed E-state index contributed by atoms with van der Waals surface area (Å²) < 4.78 is 8.32. The molecule has 4 unspecified atom stereocenters. The lowest BCUT2D eigenvalue weighted by molar-refractivity contribution is 0.232. The van der Waals surface area contributed by atoms with Crippen molar-refractivity contribution in [3.63, 3.8) is 0 Å². The van der Waals surface area contributed by atoms with Crippen LogP contribution in [0, 0.1) is 28.6 Å². The van der Waals surface area contributed by atoms with E-state index in [1.165, 1.54) is 11.3 Å². The van der Waals surface area contributed by atoms with Gasteiger partial charge in [0.2, 0.25) is 0 Å². The van der Waals surface area contributed by atoms with E-state index in [2.05, 4.69) is 36.2 Å². The van der Waals surface area contributed by atoms with Crippen LogP contribution in [0.1, 0.15) is 85.7 Å². The van der Waals surface area contributed by atoms with Gasteiger partial charge in [-0.1, -0.05) is 5.16 Å². The van der Waals surface area contributed by atoms with Crippen molar-refractivity contribution in [2.45, 2.75) is 82.7 Å². The van der Waals surface area contributed by atoms with Crippen LogP contribution in [0.5, 0.6) is 0 Å². The van der Waals surface area contributed by atoms with Crippen molar-refractivity contribution >= 4 is 33.2 Å². The molecule has 7 rings (SSSR count). The molecule has 4 aromatic heterocycles. The third-order valence-electron chi connectivity index (χ3n) is 10.2. The summed E-state index contributed by atoms with van der Waals surface area (Å²) in [6, 6.07) is 5.22. The Morgan fingerprint density at radius 2 is 2.00 bits per heavy atom. The second-order valence-corrected chi connectivity index (χ2v) is 14.1. The van der Waals surface area contributed by atoms with E-state index in [0.29, 0.717) is 34.7 Å². The van der Waals surface area contributed by atoms with Crippen LogP contribution in [-0.4, -0.2) is 63.0 Å². The van der Waals surface area contributed by atoms with Gasteiger partial charge in [0.05, 0.1) is 40.6 Å². The number of aromatic nitrogens is 5. The van der Waals surface area contributed by atoms with Crippen molar-refractivity contribution in [2.24, 2.45) is 5.92 Å². The van der Waals surface area contributed by atoms with Crippen molar-refractivity contribution < 1.29 is 4.52 Å². The molecule has 11 nitrogen and oxygen atoms in total. The molecule has 0 saturated carbocycles. The van der Waals surface area contributed by atoms with E-state index >= 15 is 0 Å². The number of aryl methyl sites for hydroxylation is 1. The number of nitrogens with zero attached hydrogens (tertiary/aromatic N) is 9. The van der Waals surface area contributed by atoms with Crippen LogP contribution in [0.2, 0.25) is 0 Å². The minimum absolute atomic E-state index is 0.113. The van der Waals surface area contributed by atoms with Gasteiger partial charge in [0.15, 0.2) is 22.9 Å². The number of anilines is 2. The first-order chi connectivity index (χ1) is 21.3. The maximum atomic E-state index is 10.1. The molecule has 0 bridgehead atoms. The number of hydrogen-bond donors (Lipinski definition) is 1. The van der Waals surface area contributed by atoms with Crippen molar-refractivity contribution in [1.29, 1.82) is 10.5 Å². The largest absolute Gasteiger partial charge is 0.389 e. The Morgan fingerprint density at radius 3 is 2.73 bits per heavy atom. The Hall–Kier alpha value is -4.00. The fourth-order valence-electron chi connectivity index (χ4n) is 8.07. The van der Waals surface area contributed by atoms with E-state index in [1.807, 2.05) is 29.7 Å². The average molecular weight is 611 g/mol. The average Bonchev–Trinajstić information content (AvgIpc) is 3.81. The summed E-state index contributed by atoms with van der Waals surface area (Å²) in [6.45, 7) is 5.72. The van der Waals surface area contributed by atoms with E-state index in [0.717, 1.165) is 85.2 Å². The molecule has 1 spiro atoms. The first kappa shape index (κ1) is 28.8. The van der Waals surface area contributed by atoms with Gasteiger partial charge in [0, 0.05) is 30.1 Å². The van der Waals surface area contributed by atoms with Gasteiger partial charge in [0.25, 0.3) is 0 Å². The third-order valence-corrected chi connectivity index (χ3v) is 11.2. The highest BCUT2D eigenvalue weighted by Crippen LogP contribution is 2.55. The van der Waals surface area contributed by atoms with Crippen LogP contribution in [0.3, 0.4) is 0 Å². The normalized spacial score (nSPS) is 22.8. The zero-order chi connectivity index (χ0) is 30.7. The number of likely N-dealkylation sites (N-methyl/N-ethyl adjacent to an activating group) is 1. The number of fused-ring (bicyclic) bond motifs is 5. The molecule has 0 amide bonds. The van der Waals surface area contributed by atoms with E-state index in [9.17, 15) is 10.5 Å². The predicted octanol–water partition coefficient (Wildman–Crippen LogP) is 5.21. The fourth-order valence-corrected chi connectivity index (χ4v) is 9.23. The Morgan fingerprint density at radius 1 is 1.20 bits per heavy atom. The molecule has 4 atom stereocenters. The molecule has 1 saturated heterocycles. The van der Waals surface area contributed by atoms with Crippen molar-refractivity contribution in [2.75, 3.05) is 37.8 Å². The topological polar surface area (TPSA) is 150 Å². The summed E-state index contributed by atoms with van der Waals surface area (Å²) in [5.41, 5.74) is 10.0. The second-order valence-electron chi connectivity index (χ2n) is 12.9. The summed E-state index contributed by atoms with van der Waals surface area (Å²) in [4.78, 5) is 15.9. The predicted molar refractivity (Wildman–Crippen MR) is 169 cm³/mol.